The van der Waals surface area contributed by atoms with Crippen LogP contribution in [0.2, 0.25) is 0 Å². The van der Waals surface area contributed by atoms with Gasteiger partial charge in [-0.15, -0.1) is 0 Å². The van der Waals surface area contributed by atoms with Crippen molar-refractivity contribution in [3.8, 4) is 6.07 Å². The molecule has 0 spiro atoms. The van der Waals surface area contributed by atoms with Gasteiger partial charge in [0.05, 0.1) is 17.8 Å². The van der Waals surface area contributed by atoms with Crippen molar-refractivity contribution >= 4 is 17.8 Å². The molecule has 5 heteroatoms. The lowest BCUT2D eigenvalue weighted by atomic mass is 10.2. The summed E-state index contributed by atoms with van der Waals surface area (Å²) >= 11 is 0. The second kappa shape index (κ2) is 8.49. The Bertz CT molecular complexity index is 738. The molecule has 2 aromatic rings. The number of benzene rings is 2. The van der Waals surface area contributed by atoms with Crippen molar-refractivity contribution in [2.75, 3.05) is 18.0 Å². The van der Waals surface area contributed by atoms with Crippen molar-refractivity contribution in [1.29, 1.82) is 5.26 Å². The van der Waals surface area contributed by atoms with Crippen molar-refractivity contribution in [3.63, 3.8) is 0 Å². The second-order valence-electron chi connectivity index (χ2n) is 5.15. The Kier molecular flexibility index (Phi) is 6.09. The Morgan fingerprint density at radius 3 is 2.29 bits per heavy atom. The topological polar surface area (TPSA) is 68.5 Å². The van der Waals surface area contributed by atoms with E-state index in [1.165, 1.54) is 0 Å². The minimum atomic E-state index is -0.258. The summed E-state index contributed by atoms with van der Waals surface area (Å²) in [6, 6.07) is 16.5. The highest BCUT2D eigenvalue weighted by molar-refractivity contribution is 5.95. The number of anilines is 1. The third kappa shape index (κ3) is 4.43. The molecule has 0 fully saturated rings. The number of rotatable bonds is 6. The number of carbonyl (C=O) groups is 1. The minimum absolute atomic E-state index is 0.258. The van der Waals surface area contributed by atoms with E-state index >= 15 is 0 Å². The molecule has 0 unspecified atom stereocenters. The smallest absolute Gasteiger partial charge is 0.271 e. The molecule has 5 nitrogen and oxygen atoms in total. The quantitative estimate of drug-likeness (QED) is 0.656. The van der Waals surface area contributed by atoms with Crippen LogP contribution in [0.15, 0.2) is 53.6 Å². The zero-order valence-corrected chi connectivity index (χ0v) is 13.9. The fourth-order valence-electron chi connectivity index (χ4n) is 2.29. The highest BCUT2D eigenvalue weighted by Crippen LogP contribution is 2.14. The Labute approximate surface area is 142 Å². The Morgan fingerprint density at radius 2 is 1.75 bits per heavy atom. The maximum Gasteiger partial charge on any atom is 0.271 e. The van der Waals surface area contributed by atoms with Gasteiger partial charge >= 0.3 is 0 Å². The molecule has 2 aromatic carbocycles. The van der Waals surface area contributed by atoms with Crippen LogP contribution in [-0.4, -0.2) is 25.2 Å². The highest BCUT2D eigenvalue weighted by Gasteiger charge is 2.06. The SMILES string of the molecule is CCN(CC)c1ccc(C(=O)N/N=C\c2ccc(C#N)cc2)cc1. The summed E-state index contributed by atoms with van der Waals surface area (Å²) < 4.78 is 0. The Balaban J connectivity index is 1.96. The first-order valence-electron chi connectivity index (χ1n) is 7.86. The van der Waals surface area contributed by atoms with Gasteiger partial charge in [-0.25, -0.2) is 5.43 Å². The maximum absolute atomic E-state index is 12.1. The lowest BCUT2D eigenvalue weighted by Crippen LogP contribution is -2.22. The summed E-state index contributed by atoms with van der Waals surface area (Å²) in [5.74, 6) is -0.258. The van der Waals surface area contributed by atoms with Crippen molar-refractivity contribution < 1.29 is 4.79 Å². The molecule has 122 valence electrons. The van der Waals surface area contributed by atoms with E-state index in [4.69, 9.17) is 5.26 Å². The van der Waals surface area contributed by atoms with E-state index in [9.17, 15) is 4.79 Å². The Hall–Kier alpha value is -3.13. The molecular weight excluding hydrogens is 300 g/mol. The molecule has 1 amide bonds. The predicted octanol–water partition coefficient (Wildman–Crippen LogP) is 3.17. The molecule has 0 radical (unpaired) electrons. The average molecular weight is 320 g/mol. The first kappa shape index (κ1) is 17.2. The molecule has 0 aliphatic heterocycles. The first-order valence-corrected chi connectivity index (χ1v) is 7.86. The molecule has 0 aliphatic carbocycles. The zero-order valence-electron chi connectivity index (χ0n) is 13.9. The summed E-state index contributed by atoms with van der Waals surface area (Å²) in [7, 11) is 0. The van der Waals surface area contributed by atoms with Crippen LogP contribution in [-0.2, 0) is 0 Å². The van der Waals surface area contributed by atoms with E-state index in [1.54, 1.807) is 42.6 Å². The van der Waals surface area contributed by atoms with E-state index in [-0.39, 0.29) is 5.91 Å². The number of hydrogen-bond donors (Lipinski definition) is 1. The van der Waals surface area contributed by atoms with Crippen LogP contribution in [0.5, 0.6) is 0 Å². The third-order valence-electron chi connectivity index (χ3n) is 3.68. The van der Waals surface area contributed by atoms with Crippen LogP contribution in [0.4, 0.5) is 5.69 Å². The normalized spacial score (nSPS) is 10.4. The van der Waals surface area contributed by atoms with Gasteiger partial charge in [0, 0.05) is 24.3 Å². The van der Waals surface area contributed by atoms with Crippen LogP contribution in [0.3, 0.4) is 0 Å². The minimum Gasteiger partial charge on any atom is -0.372 e. The van der Waals surface area contributed by atoms with E-state index in [0.29, 0.717) is 11.1 Å². The van der Waals surface area contributed by atoms with Gasteiger partial charge in [0.2, 0.25) is 0 Å². The van der Waals surface area contributed by atoms with Gasteiger partial charge in [-0.3, -0.25) is 4.79 Å². The van der Waals surface area contributed by atoms with E-state index in [1.807, 2.05) is 12.1 Å². The predicted molar refractivity (Wildman–Crippen MR) is 96.2 cm³/mol. The van der Waals surface area contributed by atoms with Crippen LogP contribution in [0.25, 0.3) is 0 Å². The number of hydrazone groups is 1. The Morgan fingerprint density at radius 1 is 1.12 bits per heavy atom. The van der Waals surface area contributed by atoms with Gasteiger partial charge in [0.1, 0.15) is 0 Å². The van der Waals surface area contributed by atoms with E-state index < -0.39 is 0 Å². The standard InChI is InChI=1S/C19H20N4O/c1-3-23(4-2)18-11-9-17(10-12-18)19(24)22-21-14-16-7-5-15(13-20)6-8-16/h5-12,14H,3-4H2,1-2H3,(H,22,24)/b21-14-. The van der Waals surface area contributed by atoms with Crippen molar-refractivity contribution in [2.45, 2.75) is 13.8 Å². The first-order chi connectivity index (χ1) is 11.7. The molecule has 2 rings (SSSR count). The number of carbonyl (C=O) groups excluding carboxylic acids is 1. The molecule has 0 aromatic heterocycles. The summed E-state index contributed by atoms with van der Waals surface area (Å²) in [6.07, 6.45) is 1.54. The zero-order chi connectivity index (χ0) is 17.4. The van der Waals surface area contributed by atoms with Gasteiger partial charge in [-0.2, -0.15) is 10.4 Å². The van der Waals surface area contributed by atoms with Gasteiger partial charge in [-0.1, -0.05) is 12.1 Å². The van der Waals surface area contributed by atoms with Gasteiger partial charge in [-0.05, 0) is 55.8 Å². The van der Waals surface area contributed by atoms with Crippen LogP contribution in [0, 0.1) is 11.3 Å². The molecule has 0 heterocycles. The van der Waals surface area contributed by atoms with Gasteiger partial charge < -0.3 is 4.90 Å². The van der Waals surface area contributed by atoms with E-state index in [2.05, 4.69) is 35.3 Å². The molecule has 0 saturated heterocycles. The number of nitrogens with zero attached hydrogens (tertiary/aromatic N) is 3. The highest BCUT2D eigenvalue weighted by atomic mass is 16.2. The molecule has 0 atom stereocenters. The molecule has 0 bridgehead atoms. The number of hydrogen-bond acceptors (Lipinski definition) is 4. The summed E-state index contributed by atoms with van der Waals surface area (Å²) in [5, 5.41) is 12.7. The monoisotopic (exact) mass is 320 g/mol. The molecular formula is C19H20N4O. The van der Waals surface area contributed by atoms with Crippen LogP contribution in [0.1, 0.15) is 35.3 Å². The number of nitrogens with one attached hydrogen (secondary N) is 1. The fourth-order valence-corrected chi connectivity index (χ4v) is 2.29. The van der Waals surface area contributed by atoms with Crippen molar-refractivity contribution in [2.24, 2.45) is 5.10 Å². The maximum atomic E-state index is 12.1. The summed E-state index contributed by atoms with van der Waals surface area (Å²) in [6.45, 7) is 6.05. The molecule has 0 saturated carbocycles. The fraction of sp³-hybridized carbons (Fsp3) is 0.211. The van der Waals surface area contributed by atoms with Crippen molar-refractivity contribution in [3.05, 3.63) is 65.2 Å². The largest absolute Gasteiger partial charge is 0.372 e. The molecule has 1 N–H and O–H groups in total. The van der Waals surface area contributed by atoms with Crippen molar-refractivity contribution in [1.82, 2.24) is 5.43 Å². The number of nitriles is 1. The van der Waals surface area contributed by atoms with Gasteiger partial charge in [0.15, 0.2) is 0 Å². The number of amides is 1. The lowest BCUT2D eigenvalue weighted by Gasteiger charge is -2.20. The molecule has 0 aliphatic rings. The van der Waals surface area contributed by atoms with Crippen LogP contribution >= 0.6 is 0 Å². The lowest BCUT2D eigenvalue weighted by molar-refractivity contribution is 0.0955. The molecule has 24 heavy (non-hydrogen) atoms. The summed E-state index contributed by atoms with van der Waals surface area (Å²) in [5.41, 5.74) is 5.56. The second-order valence-corrected chi connectivity index (χ2v) is 5.15. The average Bonchev–Trinajstić information content (AvgIpc) is 2.64. The van der Waals surface area contributed by atoms with Gasteiger partial charge in [0.25, 0.3) is 5.91 Å². The third-order valence-corrected chi connectivity index (χ3v) is 3.68. The summed E-state index contributed by atoms with van der Waals surface area (Å²) in [4.78, 5) is 14.3. The van der Waals surface area contributed by atoms with E-state index in [0.717, 1.165) is 24.3 Å². The van der Waals surface area contributed by atoms with Crippen LogP contribution < -0.4 is 10.3 Å².